The van der Waals surface area contributed by atoms with Crippen molar-refractivity contribution in [2.24, 2.45) is 0 Å². The molecule has 118 valence electrons. The molecule has 0 unspecified atom stereocenters. The van der Waals surface area contributed by atoms with Gasteiger partial charge in [0, 0.05) is 25.5 Å². The van der Waals surface area contributed by atoms with Crippen LogP contribution >= 0.6 is 0 Å². The number of halogens is 2. The van der Waals surface area contributed by atoms with Gasteiger partial charge >= 0.3 is 6.55 Å². The Hall–Kier alpha value is -2.21. The molecule has 1 aromatic carbocycles. The third-order valence-electron chi connectivity index (χ3n) is 3.28. The molecule has 0 fully saturated rings. The molecule has 2 aromatic rings. The summed E-state index contributed by atoms with van der Waals surface area (Å²) in [4.78, 5) is 6.01. The molecule has 1 aromatic heterocycles. The second kappa shape index (κ2) is 7.70. The highest BCUT2D eigenvalue weighted by atomic mass is 19.3. The summed E-state index contributed by atoms with van der Waals surface area (Å²) in [5.74, 6) is 1.12. The number of benzene rings is 1. The van der Waals surface area contributed by atoms with Crippen molar-refractivity contribution < 1.29 is 13.5 Å². The minimum atomic E-state index is -2.58. The van der Waals surface area contributed by atoms with Crippen molar-refractivity contribution in [2.75, 3.05) is 13.7 Å². The second-order valence-electron chi connectivity index (χ2n) is 4.83. The lowest BCUT2D eigenvalue weighted by atomic mass is 10.2. The Kier molecular flexibility index (Phi) is 5.66. The minimum Gasteiger partial charge on any atom is -0.497 e. The Morgan fingerprint density at radius 3 is 2.64 bits per heavy atom. The average molecular weight is 307 g/mol. The molecular weight excluding hydrogens is 288 g/mol. The van der Waals surface area contributed by atoms with Crippen LogP contribution < -0.4 is 4.74 Å². The van der Waals surface area contributed by atoms with Gasteiger partial charge in [-0.05, 0) is 17.7 Å². The van der Waals surface area contributed by atoms with Gasteiger partial charge in [-0.1, -0.05) is 18.2 Å². The summed E-state index contributed by atoms with van der Waals surface area (Å²) in [5, 5.41) is 0. The number of imidazole rings is 1. The lowest BCUT2D eigenvalue weighted by Crippen LogP contribution is -2.25. The van der Waals surface area contributed by atoms with Gasteiger partial charge in [-0.25, -0.2) is 4.98 Å². The molecule has 0 atom stereocenters. The van der Waals surface area contributed by atoms with Gasteiger partial charge in [-0.2, -0.15) is 8.78 Å². The van der Waals surface area contributed by atoms with Gasteiger partial charge in [0.25, 0.3) is 0 Å². The van der Waals surface area contributed by atoms with Crippen LogP contribution in [0, 0.1) is 0 Å². The Morgan fingerprint density at radius 1 is 1.32 bits per heavy atom. The second-order valence-corrected chi connectivity index (χ2v) is 4.83. The minimum absolute atomic E-state index is 0.329. The van der Waals surface area contributed by atoms with Gasteiger partial charge in [0.2, 0.25) is 0 Å². The summed E-state index contributed by atoms with van der Waals surface area (Å²) in [5.41, 5.74) is 1.07. The number of hydrogen-bond acceptors (Lipinski definition) is 3. The molecule has 6 heteroatoms. The number of rotatable bonds is 8. The van der Waals surface area contributed by atoms with Crippen LogP contribution in [0.5, 0.6) is 5.75 Å². The molecule has 0 aliphatic heterocycles. The number of hydrogen-bond donors (Lipinski definition) is 0. The summed E-state index contributed by atoms with van der Waals surface area (Å²) >= 11 is 0. The molecule has 0 aliphatic rings. The van der Waals surface area contributed by atoms with Crippen molar-refractivity contribution in [2.45, 2.75) is 19.6 Å². The van der Waals surface area contributed by atoms with Crippen LogP contribution in [-0.2, 0) is 13.1 Å². The van der Waals surface area contributed by atoms with E-state index < -0.39 is 6.55 Å². The number of methoxy groups -OCH3 is 1. The largest absolute Gasteiger partial charge is 0.497 e. The standard InChI is InChI=1S/C16H19F2N3O/c1-3-9-20(11-13-4-6-14(22-2)7-5-13)12-15-19-8-10-21(15)16(17)18/h3-8,10,16H,1,9,11-12H2,2H3. The van der Waals surface area contributed by atoms with Gasteiger partial charge in [-0.3, -0.25) is 9.47 Å². The molecule has 22 heavy (non-hydrogen) atoms. The normalized spacial score (nSPS) is 11.1. The topological polar surface area (TPSA) is 30.3 Å². The van der Waals surface area contributed by atoms with E-state index in [1.54, 1.807) is 13.2 Å². The molecule has 0 spiro atoms. The fourth-order valence-electron chi connectivity index (χ4n) is 2.20. The first kappa shape index (κ1) is 16.2. The van der Waals surface area contributed by atoms with Gasteiger partial charge in [0.15, 0.2) is 0 Å². The van der Waals surface area contributed by atoms with Crippen molar-refractivity contribution in [1.29, 1.82) is 0 Å². The van der Waals surface area contributed by atoms with E-state index in [1.165, 1.54) is 12.4 Å². The molecule has 1 heterocycles. The molecule has 2 rings (SSSR count). The van der Waals surface area contributed by atoms with E-state index in [-0.39, 0.29) is 0 Å². The van der Waals surface area contributed by atoms with Crippen LogP contribution in [0.3, 0.4) is 0 Å². The molecule has 0 N–H and O–H groups in total. The van der Waals surface area contributed by atoms with E-state index >= 15 is 0 Å². The van der Waals surface area contributed by atoms with Gasteiger partial charge in [0.05, 0.1) is 13.7 Å². The Labute approximate surface area is 128 Å². The van der Waals surface area contributed by atoms with Gasteiger partial charge in [-0.15, -0.1) is 6.58 Å². The maximum atomic E-state index is 12.9. The van der Waals surface area contributed by atoms with Crippen LogP contribution in [0.1, 0.15) is 17.9 Å². The summed E-state index contributed by atoms with van der Waals surface area (Å²) < 4.78 is 31.8. The van der Waals surface area contributed by atoms with E-state index in [0.29, 0.717) is 25.5 Å². The third kappa shape index (κ3) is 4.14. The van der Waals surface area contributed by atoms with Crippen LogP contribution in [0.15, 0.2) is 49.3 Å². The summed E-state index contributed by atoms with van der Waals surface area (Å²) in [6.45, 7) is 2.67. The van der Waals surface area contributed by atoms with Crippen molar-refractivity contribution in [3.63, 3.8) is 0 Å². The zero-order valence-electron chi connectivity index (χ0n) is 12.5. The third-order valence-corrected chi connectivity index (χ3v) is 3.28. The van der Waals surface area contributed by atoms with E-state index in [2.05, 4.69) is 11.6 Å². The summed E-state index contributed by atoms with van der Waals surface area (Å²) in [6, 6.07) is 7.66. The van der Waals surface area contributed by atoms with Crippen molar-refractivity contribution in [3.8, 4) is 5.75 Å². The first-order chi connectivity index (χ1) is 10.6. The van der Waals surface area contributed by atoms with Crippen LogP contribution in [0.2, 0.25) is 0 Å². The molecule has 0 amide bonds. The molecule has 0 saturated carbocycles. The van der Waals surface area contributed by atoms with Gasteiger partial charge in [0.1, 0.15) is 11.6 Å². The van der Waals surface area contributed by atoms with Gasteiger partial charge < -0.3 is 4.74 Å². The zero-order valence-corrected chi connectivity index (χ0v) is 12.5. The van der Waals surface area contributed by atoms with Crippen molar-refractivity contribution >= 4 is 0 Å². The maximum absolute atomic E-state index is 12.9. The molecule has 0 radical (unpaired) electrons. The first-order valence-electron chi connectivity index (χ1n) is 6.90. The van der Waals surface area contributed by atoms with E-state index in [9.17, 15) is 8.78 Å². The monoisotopic (exact) mass is 307 g/mol. The Morgan fingerprint density at radius 2 is 2.05 bits per heavy atom. The number of nitrogens with zero attached hydrogens (tertiary/aromatic N) is 3. The first-order valence-corrected chi connectivity index (χ1v) is 6.90. The fourth-order valence-corrected chi connectivity index (χ4v) is 2.20. The number of aromatic nitrogens is 2. The molecule has 4 nitrogen and oxygen atoms in total. The molecule has 0 aliphatic carbocycles. The van der Waals surface area contributed by atoms with E-state index in [1.807, 2.05) is 29.2 Å². The van der Waals surface area contributed by atoms with E-state index in [0.717, 1.165) is 15.9 Å². The number of alkyl halides is 2. The lowest BCUT2D eigenvalue weighted by Gasteiger charge is -2.21. The number of ether oxygens (including phenoxy) is 1. The average Bonchev–Trinajstić information content (AvgIpc) is 2.96. The van der Waals surface area contributed by atoms with Crippen LogP contribution in [0.25, 0.3) is 0 Å². The smallest absolute Gasteiger partial charge is 0.319 e. The summed E-state index contributed by atoms with van der Waals surface area (Å²) in [7, 11) is 1.61. The molecule has 0 saturated heterocycles. The Balaban J connectivity index is 2.08. The lowest BCUT2D eigenvalue weighted by molar-refractivity contribution is 0.0640. The van der Waals surface area contributed by atoms with E-state index in [4.69, 9.17) is 4.74 Å². The fraction of sp³-hybridized carbons (Fsp3) is 0.312. The quantitative estimate of drug-likeness (QED) is 0.700. The van der Waals surface area contributed by atoms with Crippen molar-refractivity contribution in [3.05, 3.63) is 60.7 Å². The molecular formula is C16H19F2N3O. The summed E-state index contributed by atoms with van der Waals surface area (Å²) in [6.07, 6.45) is 4.43. The SMILES string of the molecule is C=CCN(Cc1ccc(OC)cc1)Cc1nccn1C(F)F. The highest BCUT2D eigenvalue weighted by molar-refractivity contribution is 5.27. The Bertz CT molecular complexity index is 596. The van der Waals surface area contributed by atoms with Crippen molar-refractivity contribution in [1.82, 2.24) is 14.5 Å². The predicted octanol–water partition coefficient (Wildman–Crippen LogP) is 3.48. The molecule has 0 bridgehead atoms. The zero-order chi connectivity index (χ0) is 15.9. The van der Waals surface area contributed by atoms with Crippen LogP contribution in [-0.4, -0.2) is 28.1 Å². The maximum Gasteiger partial charge on any atom is 0.319 e. The van der Waals surface area contributed by atoms with Crippen LogP contribution in [0.4, 0.5) is 8.78 Å². The highest BCUT2D eigenvalue weighted by Crippen LogP contribution is 2.17. The highest BCUT2D eigenvalue weighted by Gasteiger charge is 2.14. The predicted molar refractivity (Wildman–Crippen MR) is 80.8 cm³/mol.